The van der Waals surface area contributed by atoms with E-state index in [2.05, 4.69) is 16.1 Å². The maximum atomic E-state index is 13.0. The van der Waals surface area contributed by atoms with Gasteiger partial charge >= 0.3 is 11.8 Å². The third-order valence-corrected chi connectivity index (χ3v) is 5.57. The second-order valence-electron chi connectivity index (χ2n) is 7.70. The second-order valence-corrected chi connectivity index (χ2v) is 8.14. The topological polar surface area (TPSA) is 111 Å². The molecule has 3 amide bonds. The monoisotopic (exact) mass is 490 g/mol. The lowest BCUT2D eigenvalue weighted by Gasteiger charge is -2.13. The summed E-state index contributed by atoms with van der Waals surface area (Å²) in [4.78, 5) is 38.2. The van der Waals surface area contributed by atoms with Crippen LogP contribution in [0.3, 0.4) is 0 Å². The third kappa shape index (κ3) is 4.75. The Kier molecular flexibility index (Phi) is 5.99. The number of ether oxygens (including phenoxy) is 2. The molecule has 5 rings (SSSR count). The Morgan fingerprint density at radius 3 is 2.51 bits per heavy atom. The molecule has 176 valence electrons. The summed E-state index contributed by atoms with van der Waals surface area (Å²) in [5.74, 6) is -1.07. The van der Waals surface area contributed by atoms with E-state index in [9.17, 15) is 14.4 Å². The van der Waals surface area contributed by atoms with Crippen molar-refractivity contribution in [3.63, 3.8) is 0 Å². The van der Waals surface area contributed by atoms with Crippen LogP contribution in [0.25, 0.3) is 10.9 Å². The van der Waals surface area contributed by atoms with Gasteiger partial charge in [0.05, 0.1) is 5.52 Å². The van der Waals surface area contributed by atoms with Crippen LogP contribution < -0.4 is 25.5 Å². The van der Waals surface area contributed by atoms with Gasteiger partial charge in [0.15, 0.2) is 11.5 Å². The van der Waals surface area contributed by atoms with Crippen LogP contribution in [-0.4, -0.2) is 29.2 Å². The van der Waals surface area contributed by atoms with Gasteiger partial charge in [0.1, 0.15) is 5.69 Å². The summed E-state index contributed by atoms with van der Waals surface area (Å²) in [6.07, 6.45) is 0. The highest BCUT2D eigenvalue weighted by molar-refractivity contribution is 6.38. The number of carbonyl (C=O) groups excluding carboxylic acids is 3. The Labute approximate surface area is 204 Å². The lowest BCUT2D eigenvalue weighted by Crippen LogP contribution is -2.39. The molecule has 1 aliphatic heterocycles. The number of carbonyl (C=O) groups is 3. The predicted octanol–water partition coefficient (Wildman–Crippen LogP) is 3.66. The molecule has 0 saturated heterocycles. The highest BCUT2D eigenvalue weighted by Gasteiger charge is 2.21. The second kappa shape index (κ2) is 9.40. The van der Waals surface area contributed by atoms with Gasteiger partial charge in [-0.15, -0.1) is 0 Å². The number of halogens is 1. The summed E-state index contributed by atoms with van der Waals surface area (Å²) in [5.41, 5.74) is 4.47. The molecule has 4 aromatic rings. The zero-order valence-electron chi connectivity index (χ0n) is 18.2. The van der Waals surface area contributed by atoms with Gasteiger partial charge in [-0.1, -0.05) is 35.9 Å². The normalized spacial score (nSPS) is 11.8. The van der Waals surface area contributed by atoms with Gasteiger partial charge in [-0.3, -0.25) is 19.8 Å². The first-order chi connectivity index (χ1) is 17.0. The fourth-order valence-electron chi connectivity index (χ4n) is 3.66. The lowest BCUT2D eigenvalue weighted by atomic mass is 10.2. The summed E-state index contributed by atoms with van der Waals surface area (Å²) in [6.45, 7) is 0.246. The molecule has 0 spiro atoms. The van der Waals surface area contributed by atoms with Crippen LogP contribution in [0.1, 0.15) is 16.1 Å². The molecule has 3 aromatic carbocycles. The SMILES string of the molecule is O=C(NCc1ccc2c(c1)OCO2)C(=O)Nn1c(C(=O)Nc2ccccc2)cc2cc(Cl)ccc21. The molecule has 2 heterocycles. The molecule has 0 unspecified atom stereocenters. The molecule has 35 heavy (non-hydrogen) atoms. The Morgan fingerprint density at radius 1 is 0.886 bits per heavy atom. The highest BCUT2D eigenvalue weighted by Crippen LogP contribution is 2.32. The van der Waals surface area contributed by atoms with Crippen LogP contribution >= 0.6 is 11.6 Å². The van der Waals surface area contributed by atoms with Gasteiger partial charge in [0.25, 0.3) is 5.91 Å². The maximum Gasteiger partial charge on any atom is 0.328 e. The van der Waals surface area contributed by atoms with Gasteiger partial charge in [-0.25, -0.2) is 4.68 Å². The van der Waals surface area contributed by atoms with Crippen molar-refractivity contribution in [2.75, 3.05) is 17.5 Å². The van der Waals surface area contributed by atoms with E-state index < -0.39 is 17.7 Å². The van der Waals surface area contributed by atoms with Crippen molar-refractivity contribution >= 4 is 45.9 Å². The number of hydrogen-bond donors (Lipinski definition) is 3. The maximum absolute atomic E-state index is 13.0. The summed E-state index contributed by atoms with van der Waals surface area (Å²) < 4.78 is 11.9. The van der Waals surface area contributed by atoms with E-state index in [1.165, 1.54) is 4.68 Å². The Hall–Kier alpha value is -4.50. The number of rotatable bonds is 5. The van der Waals surface area contributed by atoms with Crippen molar-refractivity contribution < 1.29 is 23.9 Å². The molecule has 0 radical (unpaired) electrons. The number of fused-ring (bicyclic) bond motifs is 2. The summed E-state index contributed by atoms with van der Waals surface area (Å²) in [6, 6.07) is 20.7. The molecule has 0 fully saturated rings. The zero-order valence-corrected chi connectivity index (χ0v) is 19.0. The molecule has 0 bridgehead atoms. The van der Waals surface area contributed by atoms with E-state index in [-0.39, 0.29) is 19.0 Å². The van der Waals surface area contributed by atoms with Crippen LogP contribution in [0.5, 0.6) is 11.5 Å². The zero-order chi connectivity index (χ0) is 24.4. The number of nitrogens with one attached hydrogen (secondary N) is 3. The number of hydrogen-bond acceptors (Lipinski definition) is 5. The van der Waals surface area contributed by atoms with Crippen LogP contribution in [0.15, 0.2) is 72.8 Å². The van der Waals surface area contributed by atoms with Crippen molar-refractivity contribution in [3.8, 4) is 11.5 Å². The predicted molar refractivity (Wildman–Crippen MR) is 130 cm³/mol. The quantitative estimate of drug-likeness (QED) is 0.370. The van der Waals surface area contributed by atoms with Gasteiger partial charge in [0.2, 0.25) is 6.79 Å². The van der Waals surface area contributed by atoms with Crippen molar-refractivity contribution in [3.05, 3.63) is 89.1 Å². The molecular formula is C25H19ClN4O5. The van der Waals surface area contributed by atoms with Crippen LogP contribution in [0.2, 0.25) is 5.02 Å². The first kappa shape index (κ1) is 22.3. The molecular weight excluding hydrogens is 472 g/mol. The van der Waals surface area contributed by atoms with E-state index >= 15 is 0 Å². The number of benzene rings is 3. The van der Waals surface area contributed by atoms with Crippen molar-refractivity contribution in [1.29, 1.82) is 0 Å². The average molecular weight is 491 g/mol. The number of para-hydroxylation sites is 1. The highest BCUT2D eigenvalue weighted by atomic mass is 35.5. The van der Waals surface area contributed by atoms with E-state index in [4.69, 9.17) is 21.1 Å². The Bertz CT molecular complexity index is 1450. The molecule has 1 aliphatic rings. The molecule has 0 atom stereocenters. The van der Waals surface area contributed by atoms with E-state index in [1.807, 2.05) is 6.07 Å². The van der Waals surface area contributed by atoms with Gasteiger partial charge in [-0.2, -0.15) is 0 Å². The molecule has 1 aromatic heterocycles. The van der Waals surface area contributed by atoms with Crippen LogP contribution in [0, 0.1) is 0 Å². The number of amides is 3. The first-order valence-corrected chi connectivity index (χ1v) is 11.0. The molecule has 10 heteroatoms. The van der Waals surface area contributed by atoms with Gasteiger partial charge < -0.3 is 20.1 Å². The standard InChI is InChI=1S/C25H19ClN4O5/c26-17-7-8-19-16(11-17)12-20(23(31)28-18-4-2-1-3-5-18)30(19)29-25(33)24(32)27-13-15-6-9-21-22(10-15)35-14-34-21/h1-12H,13-14H2,(H,27,32)(H,28,31)(H,29,33). The Balaban J connectivity index is 1.34. The van der Waals surface area contributed by atoms with E-state index in [0.717, 1.165) is 5.56 Å². The summed E-state index contributed by atoms with van der Waals surface area (Å²) in [7, 11) is 0. The molecule has 0 saturated carbocycles. The van der Waals surface area contributed by atoms with Crippen molar-refractivity contribution in [1.82, 2.24) is 9.99 Å². The van der Waals surface area contributed by atoms with Crippen molar-refractivity contribution in [2.24, 2.45) is 0 Å². The number of aromatic nitrogens is 1. The summed E-state index contributed by atoms with van der Waals surface area (Å²) in [5, 5.41) is 6.43. The molecule has 3 N–H and O–H groups in total. The third-order valence-electron chi connectivity index (χ3n) is 5.34. The fourth-order valence-corrected chi connectivity index (χ4v) is 3.84. The molecule has 0 aliphatic carbocycles. The fraction of sp³-hybridized carbons (Fsp3) is 0.0800. The van der Waals surface area contributed by atoms with Crippen LogP contribution in [-0.2, 0) is 16.1 Å². The van der Waals surface area contributed by atoms with Gasteiger partial charge in [-0.05, 0) is 54.1 Å². The largest absolute Gasteiger partial charge is 0.454 e. The van der Waals surface area contributed by atoms with Crippen LogP contribution in [0.4, 0.5) is 5.69 Å². The molecule has 9 nitrogen and oxygen atoms in total. The number of anilines is 1. The van der Waals surface area contributed by atoms with E-state index in [1.54, 1.807) is 66.7 Å². The minimum Gasteiger partial charge on any atom is -0.454 e. The van der Waals surface area contributed by atoms with Gasteiger partial charge in [0, 0.05) is 22.6 Å². The first-order valence-electron chi connectivity index (χ1n) is 10.6. The minimum atomic E-state index is -0.938. The Morgan fingerprint density at radius 2 is 1.69 bits per heavy atom. The number of nitrogens with zero attached hydrogens (tertiary/aromatic N) is 1. The average Bonchev–Trinajstić information content (AvgIpc) is 3.47. The lowest BCUT2D eigenvalue weighted by molar-refractivity contribution is -0.136. The minimum absolute atomic E-state index is 0.103. The summed E-state index contributed by atoms with van der Waals surface area (Å²) >= 11 is 6.10. The smallest absolute Gasteiger partial charge is 0.328 e. The van der Waals surface area contributed by atoms with Crippen molar-refractivity contribution in [2.45, 2.75) is 6.54 Å². The van der Waals surface area contributed by atoms with E-state index in [0.29, 0.717) is 33.1 Å².